The van der Waals surface area contributed by atoms with Crippen molar-refractivity contribution in [1.82, 2.24) is 0 Å². The molecule has 4 rings (SSSR count). The molecule has 120 valence electrons. The molecule has 0 spiro atoms. The molecule has 5 heteroatoms. The molecule has 0 saturated carbocycles. The van der Waals surface area contributed by atoms with Gasteiger partial charge in [0, 0.05) is 16.9 Å². The first-order chi connectivity index (χ1) is 11.0. The molecule has 2 aliphatic heterocycles. The lowest BCUT2D eigenvalue weighted by atomic mass is 9.88. The molecule has 2 unspecified atom stereocenters. The van der Waals surface area contributed by atoms with Crippen LogP contribution in [0.5, 0.6) is 0 Å². The maximum absolute atomic E-state index is 13.9. The summed E-state index contributed by atoms with van der Waals surface area (Å²) in [6, 6.07) is 9.80. The van der Waals surface area contributed by atoms with E-state index in [9.17, 15) is 17.6 Å². The fraction of sp³-hybridized carbons (Fsp3) is 0.389. The van der Waals surface area contributed by atoms with Gasteiger partial charge in [-0.3, -0.25) is 4.79 Å². The Bertz CT molecular complexity index is 884. The third kappa shape index (κ3) is 2.21. The summed E-state index contributed by atoms with van der Waals surface area (Å²) in [4.78, 5) is 12.9. The van der Waals surface area contributed by atoms with Crippen LogP contribution in [0.1, 0.15) is 36.0 Å². The van der Waals surface area contributed by atoms with E-state index >= 15 is 0 Å². The normalized spacial score (nSPS) is 28.8. The van der Waals surface area contributed by atoms with Crippen molar-refractivity contribution in [2.24, 2.45) is 5.92 Å². The smallest absolute Gasteiger partial charge is 0.166 e. The summed E-state index contributed by atoms with van der Waals surface area (Å²) in [5, 5.41) is 0.298. The van der Waals surface area contributed by atoms with Crippen molar-refractivity contribution in [3.63, 3.8) is 0 Å². The number of sulfone groups is 1. The van der Waals surface area contributed by atoms with Gasteiger partial charge in [0.1, 0.15) is 5.82 Å². The fourth-order valence-electron chi connectivity index (χ4n) is 4.12. The zero-order valence-corrected chi connectivity index (χ0v) is 13.4. The van der Waals surface area contributed by atoms with Crippen LogP contribution in [0.15, 0.2) is 36.4 Å². The number of ketones is 1. The molecule has 2 atom stereocenters. The SMILES string of the molecule is O=C(c1ccc(F)c2ccccc12)C1CC2CCC(C1)S2(=O)=O. The lowest BCUT2D eigenvalue weighted by Crippen LogP contribution is -2.36. The minimum absolute atomic E-state index is 0.0481. The summed E-state index contributed by atoms with van der Waals surface area (Å²) in [6.45, 7) is 0. The van der Waals surface area contributed by atoms with E-state index in [1.807, 2.05) is 0 Å². The van der Waals surface area contributed by atoms with Crippen LogP contribution in [0.25, 0.3) is 10.8 Å². The molecular weight excluding hydrogens is 315 g/mol. The molecule has 2 aromatic rings. The largest absolute Gasteiger partial charge is 0.294 e. The van der Waals surface area contributed by atoms with E-state index in [1.54, 1.807) is 24.3 Å². The van der Waals surface area contributed by atoms with Crippen molar-refractivity contribution >= 4 is 26.4 Å². The third-order valence-electron chi connectivity index (χ3n) is 5.34. The van der Waals surface area contributed by atoms with Crippen LogP contribution >= 0.6 is 0 Å². The van der Waals surface area contributed by atoms with E-state index in [2.05, 4.69) is 0 Å². The van der Waals surface area contributed by atoms with Crippen molar-refractivity contribution in [3.8, 4) is 0 Å². The molecule has 0 N–H and O–H groups in total. The molecule has 2 aliphatic rings. The Hall–Kier alpha value is -1.75. The molecular formula is C18H17FO3S. The van der Waals surface area contributed by atoms with Gasteiger partial charge in [-0.1, -0.05) is 24.3 Å². The summed E-state index contributed by atoms with van der Waals surface area (Å²) < 4.78 is 38.3. The summed E-state index contributed by atoms with van der Waals surface area (Å²) >= 11 is 0. The molecule has 0 aromatic heterocycles. The number of hydrogen-bond acceptors (Lipinski definition) is 3. The van der Waals surface area contributed by atoms with Crippen LogP contribution in [0.2, 0.25) is 0 Å². The molecule has 2 aromatic carbocycles. The highest BCUT2D eigenvalue weighted by Gasteiger charge is 2.48. The van der Waals surface area contributed by atoms with Crippen molar-refractivity contribution < 1.29 is 17.6 Å². The van der Waals surface area contributed by atoms with Crippen LogP contribution in [-0.4, -0.2) is 24.7 Å². The van der Waals surface area contributed by atoms with Crippen LogP contribution < -0.4 is 0 Å². The van der Waals surface area contributed by atoms with E-state index in [1.165, 1.54) is 12.1 Å². The second kappa shape index (κ2) is 5.13. The van der Waals surface area contributed by atoms with E-state index in [-0.39, 0.29) is 28.0 Å². The number of rotatable bonds is 2. The monoisotopic (exact) mass is 332 g/mol. The van der Waals surface area contributed by atoms with Gasteiger partial charge in [-0.15, -0.1) is 0 Å². The zero-order valence-electron chi connectivity index (χ0n) is 12.5. The maximum atomic E-state index is 13.9. The highest BCUT2D eigenvalue weighted by atomic mass is 32.2. The van der Waals surface area contributed by atoms with Gasteiger partial charge in [0.25, 0.3) is 0 Å². The van der Waals surface area contributed by atoms with E-state index in [4.69, 9.17) is 0 Å². The Labute approximate surface area is 134 Å². The van der Waals surface area contributed by atoms with Gasteiger partial charge in [0.2, 0.25) is 0 Å². The predicted octanol–water partition coefficient (Wildman–Crippen LogP) is 3.52. The number of carbonyl (C=O) groups excluding carboxylic acids is 1. The lowest BCUT2D eigenvalue weighted by Gasteiger charge is -2.27. The first-order valence-electron chi connectivity index (χ1n) is 7.92. The molecule has 3 nitrogen and oxygen atoms in total. The molecule has 23 heavy (non-hydrogen) atoms. The zero-order chi connectivity index (χ0) is 16.2. The lowest BCUT2D eigenvalue weighted by molar-refractivity contribution is 0.0907. The van der Waals surface area contributed by atoms with E-state index < -0.39 is 9.84 Å². The quantitative estimate of drug-likeness (QED) is 0.791. The van der Waals surface area contributed by atoms with Gasteiger partial charge in [-0.2, -0.15) is 0 Å². The van der Waals surface area contributed by atoms with Gasteiger partial charge in [0.15, 0.2) is 15.6 Å². The number of benzene rings is 2. The maximum Gasteiger partial charge on any atom is 0.166 e. The first-order valence-corrected chi connectivity index (χ1v) is 9.53. The first kappa shape index (κ1) is 14.8. The Kier molecular flexibility index (Phi) is 3.30. The summed E-state index contributed by atoms with van der Waals surface area (Å²) in [5.41, 5.74) is 0.505. The van der Waals surface area contributed by atoms with Crippen LogP contribution in [-0.2, 0) is 9.84 Å². The summed E-state index contributed by atoms with van der Waals surface area (Å²) in [7, 11) is -3.04. The standard InChI is InChI=1S/C18H17FO3S/c19-17-8-7-16(14-3-1-2-4-15(14)17)18(20)11-9-12-5-6-13(10-11)23(12,21)22/h1-4,7-8,11-13H,5-6,9-10H2. The van der Waals surface area contributed by atoms with E-state index in [0.29, 0.717) is 42.0 Å². The Morgan fingerprint density at radius 1 is 0.957 bits per heavy atom. The number of carbonyl (C=O) groups is 1. The fourth-order valence-corrected chi connectivity index (χ4v) is 6.59. The summed E-state index contributed by atoms with van der Waals surface area (Å²) in [5.74, 6) is -0.665. The molecule has 2 saturated heterocycles. The van der Waals surface area contributed by atoms with Gasteiger partial charge >= 0.3 is 0 Å². The topological polar surface area (TPSA) is 51.2 Å². The number of fused-ring (bicyclic) bond motifs is 3. The van der Waals surface area contributed by atoms with Crippen molar-refractivity contribution in [3.05, 3.63) is 47.8 Å². The number of Topliss-reactive ketones (excluding diaryl/α,β-unsaturated/α-hetero) is 1. The van der Waals surface area contributed by atoms with Crippen molar-refractivity contribution in [2.75, 3.05) is 0 Å². The number of hydrogen-bond donors (Lipinski definition) is 0. The van der Waals surface area contributed by atoms with Crippen LogP contribution in [0.4, 0.5) is 4.39 Å². The number of halogens is 1. The van der Waals surface area contributed by atoms with Crippen molar-refractivity contribution in [1.29, 1.82) is 0 Å². The average molecular weight is 332 g/mol. The van der Waals surface area contributed by atoms with Gasteiger partial charge < -0.3 is 0 Å². The van der Waals surface area contributed by atoms with Crippen LogP contribution in [0, 0.1) is 11.7 Å². The molecule has 2 heterocycles. The summed E-state index contributed by atoms with van der Waals surface area (Å²) in [6.07, 6.45) is 2.15. The average Bonchev–Trinajstić information content (AvgIpc) is 2.73. The minimum atomic E-state index is -3.04. The Morgan fingerprint density at radius 2 is 1.57 bits per heavy atom. The molecule has 2 bridgehead atoms. The highest BCUT2D eigenvalue weighted by Crippen LogP contribution is 2.42. The third-order valence-corrected chi connectivity index (χ3v) is 8.06. The van der Waals surface area contributed by atoms with Gasteiger partial charge in [-0.25, -0.2) is 12.8 Å². The highest BCUT2D eigenvalue weighted by molar-refractivity contribution is 7.93. The second-order valence-electron chi connectivity index (χ2n) is 6.58. The molecule has 0 radical (unpaired) electrons. The van der Waals surface area contributed by atoms with Crippen LogP contribution in [0.3, 0.4) is 0 Å². The van der Waals surface area contributed by atoms with E-state index in [0.717, 1.165) is 0 Å². The molecule has 0 aliphatic carbocycles. The second-order valence-corrected chi connectivity index (χ2v) is 9.09. The predicted molar refractivity (Wildman–Crippen MR) is 86.7 cm³/mol. The molecule has 2 fully saturated rings. The van der Waals surface area contributed by atoms with Gasteiger partial charge in [-0.05, 0) is 43.2 Å². The Morgan fingerprint density at radius 3 is 2.22 bits per heavy atom. The minimum Gasteiger partial charge on any atom is -0.294 e. The Balaban J connectivity index is 1.73. The van der Waals surface area contributed by atoms with Crippen molar-refractivity contribution in [2.45, 2.75) is 36.2 Å². The van der Waals surface area contributed by atoms with Gasteiger partial charge in [0.05, 0.1) is 10.5 Å². The molecule has 0 amide bonds.